The quantitative estimate of drug-likeness (QED) is 0.828. The lowest BCUT2D eigenvalue weighted by Gasteiger charge is -2.06. The lowest BCUT2D eigenvalue weighted by molar-refractivity contribution is 0.0994. The first-order chi connectivity index (χ1) is 9.99. The Morgan fingerprint density at radius 1 is 1.33 bits per heavy atom. The molecule has 0 fully saturated rings. The second-order valence-corrected chi connectivity index (χ2v) is 4.70. The van der Waals surface area contributed by atoms with E-state index in [2.05, 4.69) is 22.1 Å². The number of carbonyl (C=O) groups excluding carboxylic acids is 1. The molecule has 1 aromatic carbocycles. The van der Waals surface area contributed by atoms with Crippen molar-refractivity contribution in [3.05, 3.63) is 46.7 Å². The van der Waals surface area contributed by atoms with Crippen molar-refractivity contribution in [3.63, 3.8) is 0 Å². The minimum Gasteiger partial charge on any atom is -0.436 e. The highest BCUT2D eigenvalue weighted by Crippen LogP contribution is 2.17. The number of benzene rings is 1. The Morgan fingerprint density at radius 2 is 2.10 bits per heavy atom. The minimum absolute atomic E-state index is 0.226. The summed E-state index contributed by atoms with van der Waals surface area (Å²) in [5.41, 5.74) is 8.40. The summed E-state index contributed by atoms with van der Waals surface area (Å²) in [5, 5.41) is 2.80. The number of nitrogens with zero attached hydrogens (tertiary/aromatic N) is 1. The number of rotatable bonds is 2. The Hall–Kier alpha value is -2.58. The molecule has 0 spiro atoms. The van der Waals surface area contributed by atoms with Crippen LogP contribution in [0.3, 0.4) is 0 Å². The monoisotopic (exact) mass is 283 g/mol. The SMILES string of the molecule is Cc1cc(C#CCN)cc(NC(=O)c2oc(C)nc2C)c1. The smallest absolute Gasteiger partial charge is 0.293 e. The lowest BCUT2D eigenvalue weighted by atomic mass is 10.1. The van der Waals surface area contributed by atoms with Gasteiger partial charge in [0.1, 0.15) is 0 Å². The van der Waals surface area contributed by atoms with Crippen molar-refractivity contribution in [1.29, 1.82) is 0 Å². The van der Waals surface area contributed by atoms with Crippen LogP contribution >= 0.6 is 0 Å². The number of amides is 1. The summed E-state index contributed by atoms with van der Waals surface area (Å²) >= 11 is 0. The van der Waals surface area contributed by atoms with Gasteiger partial charge in [0, 0.05) is 18.2 Å². The molecule has 1 heterocycles. The number of hydrogen-bond donors (Lipinski definition) is 2. The molecule has 5 nitrogen and oxygen atoms in total. The summed E-state index contributed by atoms with van der Waals surface area (Å²) in [6.45, 7) is 5.68. The topological polar surface area (TPSA) is 81.1 Å². The van der Waals surface area contributed by atoms with Crippen molar-refractivity contribution in [1.82, 2.24) is 4.98 Å². The first-order valence-electron chi connectivity index (χ1n) is 6.55. The highest BCUT2D eigenvalue weighted by Gasteiger charge is 2.16. The molecule has 0 radical (unpaired) electrons. The van der Waals surface area contributed by atoms with Crippen LogP contribution < -0.4 is 11.1 Å². The van der Waals surface area contributed by atoms with E-state index in [-0.39, 0.29) is 11.7 Å². The molecular weight excluding hydrogens is 266 g/mol. The number of anilines is 1. The number of nitrogens with one attached hydrogen (secondary N) is 1. The molecule has 5 heteroatoms. The normalized spacial score (nSPS) is 9.90. The first kappa shape index (κ1) is 14.8. The van der Waals surface area contributed by atoms with Crippen LogP contribution in [0.5, 0.6) is 0 Å². The third-order valence-electron chi connectivity index (χ3n) is 2.78. The molecule has 0 aliphatic heterocycles. The van der Waals surface area contributed by atoms with Crippen LogP contribution in [0.25, 0.3) is 0 Å². The number of hydrogen-bond acceptors (Lipinski definition) is 4. The van der Waals surface area contributed by atoms with Crippen molar-refractivity contribution in [2.75, 3.05) is 11.9 Å². The number of carbonyl (C=O) groups is 1. The van der Waals surface area contributed by atoms with Gasteiger partial charge in [-0.25, -0.2) is 4.98 Å². The maximum atomic E-state index is 12.2. The van der Waals surface area contributed by atoms with Gasteiger partial charge in [0.15, 0.2) is 5.89 Å². The maximum absolute atomic E-state index is 12.2. The fraction of sp³-hybridized carbons (Fsp3) is 0.250. The van der Waals surface area contributed by atoms with Crippen LogP contribution in [0, 0.1) is 32.6 Å². The molecule has 3 N–H and O–H groups in total. The van der Waals surface area contributed by atoms with Crippen LogP contribution in [-0.4, -0.2) is 17.4 Å². The Kier molecular flexibility index (Phi) is 4.41. The van der Waals surface area contributed by atoms with Crippen LogP contribution in [0.4, 0.5) is 5.69 Å². The van der Waals surface area contributed by atoms with Crippen molar-refractivity contribution in [2.24, 2.45) is 5.73 Å². The van der Waals surface area contributed by atoms with Crippen molar-refractivity contribution in [2.45, 2.75) is 20.8 Å². The van der Waals surface area contributed by atoms with Gasteiger partial charge >= 0.3 is 0 Å². The average molecular weight is 283 g/mol. The van der Waals surface area contributed by atoms with E-state index in [1.165, 1.54) is 0 Å². The van der Waals surface area contributed by atoms with E-state index in [1.807, 2.05) is 19.1 Å². The third kappa shape index (κ3) is 3.71. The third-order valence-corrected chi connectivity index (χ3v) is 2.78. The van der Waals surface area contributed by atoms with E-state index in [4.69, 9.17) is 10.2 Å². The molecule has 2 rings (SSSR count). The Labute approximate surface area is 123 Å². The molecule has 1 amide bonds. The fourth-order valence-corrected chi connectivity index (χ4v) is 2.01. The molecule has 1 aromatic heterocycles. The molecule has 0 aliphatic carbocycles. The van der Waals surface area contributed by atoms with Gasteiger partial charge in [0.05, 0.1) is 12.2 Å². The van der Waals surface area contributed by atoms with Crippen molar-refractivity contribution < 1.29 is 9.21 Å². The molecule has 0 aliphatic rings. The number of oxazole rings is 1. The Morgan fingerprint density at radius 3 is 2.71 bits per heavy atom. The van der Waals surface area contributed by atoms with Gasteiger partial charge in [-0.15, -0.1) is 0 Å². The zero-order valence-electron chi connectivity index (χ0n) is 12.3. The van der Waals surface area contributed by atoms with E-state index in [9.17, 15) is 4.79 Å². The van der Waals surface area contributed by atoms with Crippen LogP contribution in [0.2, 0.25) is 0 Å². The average Bonchev–Trinajstić information content (AvgIpc) is 2.75. The number of aryl methyl sites for hydroxylation is 3. The standard InChI is InChI=1S/C16H17N3O2/c1-10-7-13(5-4-6-17)9-14(8-10)19-16(20)15-11(2)18-12(3)21-15/h7-9H,6,17H2,1-3H3,(H,19,20). The number of aromatic nitrogens is 1. The summed E-state index contributed by atoms with van der Waals surface area (Å²) in [5.74, 6) is 6.12. The first-order valence-corrected chi connectivity index (χ1v) is 6.55. The molecule has 2 aromatic rings. The second-order valence-electron chi connectivity index (χ2n) is 4.70. The van der Waals surface area contributed by atoms with Gasteiger partial charge in [-0.1, -0.05) is 11.8 Å². The predicted octanol–water partition coefficient (Wildman–Crippen LogP) is 2.16. The van der Waals surface area contributed by atoms with E-state index >= 15 is 0 Å². The summed E-state index contributed by atoms with van der Waals surface area (Å²) in [7, 11) is 0. The second kappa shape index (κ2) is 6.25. The van der Waals surface area contributed by atoms with E-state index < -0.39 is 0 Å². The van der Waals surface area contributed by atoms with E-state index in [1.54, 1.807) is 19.9 Å². The van der Waals surface area contributed by atoms with Crippen LogP contribution in [-0.2, 0) is 0 Å². The summed E-state index contributed by atoms with van der Waals surface area (Å²) in [6.07, 6.45) is 0. The zero-order chi connectivity index (χ0) is 15.4. The van der Waals surface area contributed by atoms with Gasteiger partial charge in [0.2, 0.25) is 5.76 Å². The van der Waals surface area contributed by atoms with Gasteiger partial charge in [-0.2, -0.15) is 0 Å². The molecule has 0 unspecified atom stereocenters. The summed E-state index contributed by atoms with van der Waals surface area (Å²) < 4.78 is 5.31. The largest absolute Gasteiger partial charge is 0.436 e. The zero-order valence-corrected chi connectivity index (χ0v) is 12.3. The highest BCUT2D eigenvalue weighted by molar-refractivity contribution is 6.03. The Balaban J connectivity index is 2.25. The molecule has 108 valence electrons. The van der Waals surface area contributed by atoms with Crippen molar-refractivity contribution >= 4 is 11.6 Å². The van der Waals surface area contributed by atoms with Gasteiger partial charge in [-0.05, 0) is 37.6 Å². The van der Waals surface area contributed by atoms with Crippen LogP contribution in [0.1, 0.15) is 33.3 Å². The number of nitrogens with two attached hydrogens (primary N) is 1. The molecule has 0 saturated carbocycles. The van der Waals surface area contributed by atoms with E-state index in [0.717, 1.165) is 11.1 Å². The minimum atomic E-state index is -0.323. The lowest BCUT2D eigenvalue weighted by Crippen LogP contribution is -2.12. The molecular formula is C16H17N3O2. The molecule has 21 heavy (non-hydrogen) atoms. The molecule has 0 saturated heterocycles. The van der Waals surface area contributed by atoms with Crippen LogP contribution in [0.15, 0.2) is 22.6 Å². The van der Waals surface area contributed by atoms with Gasteiger partial charge < -0.3 is 15.5 Å². The Bertz CT molecular complexity index is 736. The highest BCUT2D eigenvalue weighted by atomic mass is 16.4. The predicted molar refractivity (Wildman–Crippen MR) is 81.0 cm³/mol. The van der Waals surface area contributed by atoms with Gasteiger partial charge in [-0.3, -0.25) is 4.79 Å². The van der Waals surface area contributed by atoms with E-state index in [0.29, 0.717) is 23.8 Å². The summed E-state index contributed by atoms with van der Waals surface area (Å²) in [6, 6.07) is 5.60. The maximum Gasteiger partial charge on any atom is 0.293 e. The fourth-order valence-electron chi connectivity index (χ4n) is 2.01. The summed E-state index contributed by atoms with van der Waals surface area (Å²) in [4.78, 5) is 16.3. The van der Waals surface area contributed by atoms with Crippen molar-refractivity contribution in [3.8, 4) is 11.8 Å². The molecule has 0 bridgehead atoms. The van der Waals surface area contributed by atoms with Gasteiger partial charge in [0.25, 0.3) is 5.91 Å². The molecule has 0 atom stereocenters.